The number of nitrogens with one attached hydrogen (secondary N) is 3. The Morgan fingerprint density at radius 2 is 1.97 bits per heavy atom. The number of carbonyl (C=O) groups is 2. The molecule has 2 amide bonds. The van der Waals surface area contributed by atoms with Crippen molar-refractivity contribution in [3.8, 4) is 11.3 Å². The van der Waals surface area contributed by atoms with E-state index in [1.54, 1.807) is 24.1 Å². The lowest BCUT2D eigenvalue weighted by molar-refractivity contribution is -0.117. The minimum atomic E-state index is -0.408. The fourth-order valence-electron chi connectivity index (χ4n) is 3.72. The molecule has 3 N–H and O–H groups in total. The van der Waals surface area contributed by atoms with Crippen LogP contribution in [0.15, 0.2) is 18.3 Å². The zero-order chi connectivity index (χ0) is 22.4. The van der Waals surface area contributed by atoms with Crippen LogP contribution in [0, 0.1) is 5.92 Å². The van der Waals surface area contributed by atoms with Gasteiger partial charge in [-0.1, -0.05) is 0 Å². The number of aromatic nitrogens is 6. The molecule has 5 rings (SSSR count). The molecule has 4 heterocycles. The number of aryl methyl sites for hydroxylation is 1. The van der Waals surface area contributed by atoms with Gasteiger partial charge in [0.1, 0.15) is 11.4 Å². The van der Waals surface area contributed by atoms with Crippen molar-refractivity contribution in [2.75, 3.05) is 29.6 Å². The van der Waals surface area contributed by atoms with Gasteiger partial charge in [0.2, 0.25) is 5.91 Å². The number of fused-ring (bicyclic) bond motifs is 3. The van der Waals surface area contributed by atoms with Gasteiger partial charge in [0, 0.05) is 44.9 Å². The van der Waals surface area contributed by atoms with E-state index in [0.29, 0.717) is 18.1 Å². The molecule has 0 unspecified atom stereocenters. The topological polar surface area (TPSA) is 143 Å². The molecule has 1 fully saturated rings. The molecular weight excluding hydrogens is 412 g/mol. The molecular formula is C20H22N10O2. The molecule has 2 aliphatic rings. The highest BCUT2D eigenvalue weighted by molar-refractivity contribution is 6.00. The molecule has 1 aliphatic carbocycles. The van der Waals surface area contributed by atoms with E-state index in [0.717, 1.165) is 35.5 Å². The predicted molar refractivity (Wildman–Crippen MR) is 116 cm³/mol. The van der Waals surface area contributed by atoms with Crippen molar-refractivity contribution in [2.45, 2.75) is 19.4 Å². The summed E-state index contributed by atoms with van der Waals surface area (Å²) < 4.78 is 0. The average Bonchev–Trinajstić information content (AvgIpc) is 3.56. The molecule has 1 aliphatic heterocycles. The number of anilines is 4. The van der Waals surface area contributed by atoms with E-state index < -0.39 is 5.91 Å². The largest absolute Gasteiger partial charge is 0.365 e. The molecule has 3 aromatic rings. The molecule has 0 aromatic carbocycles. The number of nitrogens with zero attached hydrogens (tertiary/aromatic N) is 7. The van der Waals surface area contributed by atoms with Crippen LogP contribution in [0.3, 0.4) is 0 Å². The number of hydrogen-bond acceptors (Lipinski definition) is 9. The number of rotatable bonds is 5. The van der Waals surface area contributed by atoms with Gasteiger partial charge in [0.15, 0.2) is 17.3 Å². The lowest BCUT2D eigenvalue weighted by atomic mass is 10.0. The van der Waals surface area contributed by atoms with Crippen molar-refractivity contribution in [3.63, 3.8) is 0 Å². The monoisotopic (exact) mass is 434 g/mol. The van der Waals surface area contributed by atoms with Crippen LogP contribution in [0.2, 0.25) is 0 Å². The molecule has 0 saturated heterocycles. The minimum absolute atomic E-state index is 0.0180. The van der Waals surface area contributed by atoms with Gasteiger partial charge >= 0.3 is 0 Å². The number of pyridine rings is 1. The van der Waals surface area contributed by atoms with E-state index in [1.807, 2.05) is 18.0 Å². The number of carbonyl (C=O) groups excluding carboxylic acids is 2. The molecule has 0 radical (unpaired) electrons. The Balaban J connectivity index is 1.55. The first kappa shape index (κ1) is 19.8. The van der Waals surface area contributed by atoms with Crippen LogP contribution in [0.4, 0.5) is 23.0 Å². The Labute approximate surface area is 183 Å². The normalized spacial score (nSPS) is 14.4. The van der Waals surface area contributed by atoms with Crippen LogP contribution in [0.5, 0.6) is 0 Å². The SMILES string of the molecule is CNC(=O)c1nnc(NC(=O)C2CC2)cc1Nc1nccc2c1N(C)Cc1nn(C)nc1-2. The second-order valence-electron chi connectivity index (χ2n) is 7.86. The quantitative estimate of drug-likeness (QED) is 0.537. The van der Waals surface area contributed by atoms with Gasteiger partial charge in [0.25, 0.3) is 5.91 Å². The number of hydrogen-bond donors (Lipinski definition) is 3. The summed E-state index contributed by atoms with van der Waals surface area (Å²) in [6, 6.07) is 3.48. The molecule has 0 bridgehead atoms. The molecule has 164 valence electrons. The molecule has 0 atom stereocenters. The van der Waals surface area contributed by atoms with Crippen molar-refractivity contribution < 1.29 is 9.59 Å². The molecule has 12 heteroatoms. The Bertz CT molecular complexity index is 1230. The van der Waals surface area contributed by atoms with Crippen LogP contribution in [-0.4, -0.2) is 56.1 Å². The first-order valence-corrected chi connectivity index (χ1v) is 10.2. The fourth-order valence-corrected chi connectivity index (χ4v) is 3.72. The maximum atomic E-state index is 12.4. The standard InChI is InChI=1S/C20H22N10O2/c1-21-20(32)16-12(8-14(25-26-16)24-19(31)10-4-5-10)23-18-17-11(6-7-22-18)15-13(9-29(17)2)27-30(3)28-15/h6-8,10H,4-5,9H2,1-3H3,(H,21,32)(H2,22,23,24,25,31). The van der Waals surface area contributed by atoms with Crippen LogP contribution in [-0.2, 0) is 18.4 Å². The van der Waals surface area contributed by atoms with Crippen molar-refractivity contribution in [1.82, 2.24) is 35.5 Å². The summed E-state index contributed by atoms with van der Waals surface area (Å²) in [5.41, 5.74) is 3.85. The third-order valence-electron chi connectivity index (χ3n) is 5.42. The van der Waals surface area contributed by atoms with Gasteiger partial charge in [0.05, 0.1) is 17.9 Å². The van der Waals surface area contributed by atoms with E-state index in [2.05, 4.69) is 41.3 Å². The van der Waals surface area contributed by atoms with E-state index in [4.69, 9.17) is 0 Å². The van der Waals surface area contributed by atoms with Gasteiger partial charge in [-0.05, 0) is 18.9 Å². The van der Waals surface area contributed by atoms with E-state index in [1.165, 1.54) is 7.05 Å². The van der Waals surface area contributed by atoms with Crippen LogP contribution in [0.25, 0.3) is 11.3 Å². The molecule has 12 nitrogen and oxygen atoms in total. The lowest BCUT2D eigenvalue weighted by Crippen LogP contribution is -2.25. The highest BCUT2D eigenvalue weighted by Crippen LogP contribution is 2.41. The van der Waals surface area contributed by atoms with E-state index in [-0.39, 0.29) is 23.3 Å². The molecule has 1 saturated carbocycles. The highest BCUT2D eigenvalue weighted by atomic mass is 16.2. The van der Waals surface area contributed by atoms with Gasteiger partial charge in [-0.2, -0.15) is 15.0 Å². The zero-order valence-electron chi connectivity index (χ0n) is 17.9. The summed E-state index contributed by atoms with van der Waals surface area (Å²) in [4.78, 5) is 32.6. The maximum absolute atomic E-state index is 12.4. The van der Waals surface area contributed by atoms with E-state index >= 15 is 0 Å². The zero-order valence-corrected chi connectivity index (χ0v) is 17.9. The first-order valence-electron chi connectivity index (χ1n) is 10.2. The third kappa shape index (κ3) is 3.49. The van der Waals surface area contributed by atoms with Crippen LogP contribution in [0.1, 0.15) is 29.0 Å². The Morgan fingerprint density at radius 3 is 2.72 bits per heavy atom. The third-order valence-corrected chi connectivity index (χ3v) is 5.42. The second-order valence-corrected chi connectivity index (χ2v) is 7.86. The van der Waals surface area contributed by atoms with Crippen LogP contribution >= 0.6 is 0 Å². The fraction of sp³-hybridized carbons (Fsp3) is 0.350. The first-order chi connectivity index (χ1) is 15.4. The second kappa shape index (κ2) is 7.55. The molecule has 0 spiro atoms. The van der Waals surface area contributed by atoms with Crippen molar-refractivity contribution in [2.24, 2.45) is 13.0 Å². The van der Waals surface area contributed by atoms with Gasteiger partial charge < -0.3 is 20.9 Å². The molecule has 32 heavy (non-hydrogen) atoms. The minimum Gasteiger partial charge on any atom is -0.365 e. The number of amides is 2. The van der Waals surface area contributed by atoms with Gasteiger partial charge in [-0.25, -0.2) is 4.98 Å². The van der Waals surface area contributed by atoms with Gasteiger partial charge in [-0.15, -0.1) is 10.2 Å². The predicted octanol–water partition coefficient (Wildman–Crippen LogP) is 1.07. The van der Waals surface area contributed by atoms with Crippen LogP contribution < -0.4 is 20.9 Å². The van der Waals surface area contributed by atoms with E-state index in [9.17, 15) is 9.59 Å². The lowest BCUT2D eigenvalue weighted by Gasteiger charge is -2.28. The average molecular weight is 434 g/mol. The maximum Gasteiger partial charge on any atom is 0.273 e. The van der Waals surface area contributed by atoms with Crippen molar-refractivity contribution in [3.05, 3.63) is 29.7 Å². The van der Waals surface area contributed by atoms with Crippen molar-refractivity contribution >= 4 is 34.8 Å². The van der Waals surface area contributed by atoms with Gasteiger partial charge in [-0.3, -0.25) is 9.59 Å². The highest BCUT2D eigenvalue weighted by Gasteiger charge is 2.31. The summed E-state index contributed by atoms with van der Waals surface area (Å²) in [5, 5.41) is 25.5. The Morgan fingerprint density at radius 1 is 1.16 bits per heavy atom. The summed E-state index contributed by atoms with van der Waals surface area (Å²) in [6.45, 7) is 0.566. The Kier molecular flexibility index (Phi) is 4.68. The Hall–Kier alpha value is -4.09. The summed E-state index contributed by atoms with van der Waals surface area (Å²) in [5.74, 6) is 0.312. The van der Waals surface area contributed by atoms with Crippen molar-refractivity contribution in [1.29, 1.82) is 0 Å². The molecule has 3 aromatic heterocycles. The summed E-state index contributed by atoms with van der Waals surface area (Å²) in [7, 11) is 5.24. The summed E-state index contributed by atoms with van der Waals surface area (Å²) >= 11 is 0. The summed E-state index contributed by atoms with van der Waals surface area (Å²) in [6.07, 6.45) is 3.41. The smallest absolute Gasteiger partial charge is 0.273 e.